The Kier molecular flexibility index (Phi) is 5.87. The van der Waals surface area contributed by atoms with Crippen LogP contribution in [0.25, 0.3) is 0 Å². The second-order valence-corrected chi connectivity index (χ2v) is 6.67. The highest BCUT2D eigenvalue weighted by atomic mass is 35.5. The summed E-state index contributed by atoms with van der Waals surface area (Å²) in [4.78, 5) is 12.7. The van der Waals surface area contributed by atoms with Crippen molar-refractivity contribution in [1.29, 1.82) is 0 Å². The van der Waals surface area contributed by atoms with Crippen molar-refractivity contribution in [2.75, 3.05) is 13.1 Å². The number of amides is 1. The van der Waals surface area contributed by atoms with Crippen molar-refractivity contribution in [2.45, 2.75) is 51.0 Å². The molecule has 0 radical (unpaired) electrons. The Morgan fingerprint density at radius 1 is 1.23 bits per heavy atom. The quantitative estimate of drug-likeness (QED) is 0.896. The number of piperidine rings is 1. The van der Waals surface area contributed by atoms with Gasteiger partial charge in [0.25, 0.3) is 0 Å². The van der Waals surface area contributed by atoms with Crippen molar-refractivity contribution in [3.63, 3.8) is 0 Å². The molecule has 1 heterocycles. The van der Waals surface area contributed by atoms with Crippen molar-refractivity contribution in [3.05, 3.63) is 35.4 Å². The van der Waals surface area contributed by atoms with Crippen LogP contribution in [0.1, 0.15) is 49.7 Å². The molecule has 0 aromatic heterocycles. The second kappa shape index (κ2) is 7.47. The molecule has 2 aliphatic rings. The Hall–Kier alpha value is -1.06. The van der Waals surface area contributed by atoms with E-state index in [1.54, 1.807) is 0 Å². The molecule has 2 fully saturated rings. The molecule has 4 heteroatoms. The number of nitrogens with one attached hydrogen (secondary N) is 2. The van der Waals surface area contributed by atoms with Crippen LogP contribution in [0.15, 0.2) is 24.3 Å². The molecule has 22 heavy (non-hydrogen) atoms. The fourth-order valence-electron chi connectivity index (χ4n) is 3.83. The molecule has 0 spiro atoms. The summed E-state index contributed by atoms with van der Waals surface area (Å²) in [6.45, 7) is 4.06. The molecule has 1 aliphatic carbocycles. The van der Waals surface area contributed by atoms with Gasteiger partial charge in [0.15, 0.2) is 0 Å². The van der Waals surface area contributed by atoms with Gasteiger partial charge in [0.1, 0.15) is 0 Å². The van der Waals surface area contributed by atoms with Gasteiger partial charge < -0.3 is 10.6 Å². The second-order valence-electron chi connectivity index (χ2n) is 6.67. The summed E-state index contributed by atoms with van der Waals surface area (Å²) in [6, 6.07) is 8.66. The molecule has 3 nitrogen and oxygen atoms in total. The maximum Gasteiger partial charge on any atom is 0.223 e. The predicted octanol–water partition coefficient (Wildman–Crippen LogP) is 3.30. The number of halogens is 1. The number of rotatable bonds is 3. The lowest BCUT2D eigenvalue weighted by molar-refractivity contribution is -0.127. The summed E-state index contributed by atoms with van der Waals surface area (Å²) in [7, 11) is 0. The number of carbonyl (C=O) groups is 1. The van der Waals surface area contributed by atoms with Crippen molar-refractivity contribution in [3.8, 4) is 0 Å². The van der Waals surface area contributed by atoms with Gasteiger partial charge >= 0.3 is 0 Å². The summed E-state index contributed by atoms with van der Waals surface area (Å²) >= 11 is 0. The predicted molar refractivity (Wildman–Crippen MR) is 92.3 cm³/mol. The molecule has 1 aromatic rings. The maximum absolute atomic E-state index is 12.7. The highest BCUT2D eigenvalue weighted by Crippen LogP contribution is 2.39. The number of aryl methyl sites for hydroxylation is 1. The Morgan fingerprint density at radius 3 is 2.55 bits per heavy atom. The standard InChI is InChI=1S/C18H26N2O.ClH/c1-14-5-4-6-16(13-14)18(9-2-3-10-18)20-17(21)15-7-11-19-12-8-15;/h4-6,13,15,19H,2-3,7-12H2,1H3,(H,20,21);1H. The molecule has 0 unspecified atom stereocenters. The number of benzene rings is 1. The molecule has 1 amide bonds. The maximum atomic E-state index is 12.7. The minimum absolute atomic E-state index is 0. The number of carbonyl (C=O) groups excluding carboxylic acids is 1. The molecular weight excluding hydrogens is 296 g/mol. The lowest BCUT2D eigenvalue weighted by atomic mass is 9.86. The first kappa shape index (κ1) is 17.3. The molecular formula is C18H27ClN2O. The average molecular weight is 323 g/mol. The molecule has 1 aromatic carbocycles. The molecule has 1 saturated carbocycles. The van der Waals surface area contributed by atoms with Gasteiger partial charge in [-0.05, 0) is 51.3 Å². The third-order valence-corrected chi connectivity index (χ3v) is 5.10. The smallest absolute Gasteiger partial charge is 0.223 e. The fraction of sp³-hybridized carbons (Fsp3) is 0.611. The first-order valence-electron chi connectivity index (χ1n) is 8.29. The average Bonchev–Trinajstić information content (AvgIpc) is 2.98. The zero-order valence-electron chi connectivity index (χ0n) is 13.4. The van der Waals surface area contributed by atoms with Crippen LogP contribution in [-0.2, 0) is 10.3 Å². The van der Waals surface area contributed by atoms with E-state index in [2.05, 4.69) is 41.8 Å². The molecule has 122 valence electrons. The third kappa shape index (κ3) is 3.64. The summed E-state index contributed by atoms with van der Waals surface area (Å²) < 4.78 is 0. The lowest BCUT2D eigenvalue weighted by Gasteiger charge is -2.34. The normalized spacial score (nSPS) is 21.1. The van der Waals surface area contributed by atoms with Gasteiger partial charge in [0.05, 0.1) is 5.54 Å². The van der Waals surface area contributed by atoms with E-state index in [1.165, 1.54) is 24.0 Å². The summed E-state index contributed by atoms with van der Waals surface area (Å²) in [6.07, 6.45) is 6.51. The van der Waals surface area contributed by atoms with Gasteiger partial charge in [-0.1, -0.05) is 42.7 Å². The van der Waals surface area contributed by atoms with Crippen LogP contribution in [0.4, 0.5) is 0 Å². The molecule has 0 bridgehead atoms. The summed E-state index contributed by atoms with van der Waals surface area (Å²) in [5.41, 5.74) is 2.45. The molecule has 3 rings (SSSR count). The van der Waals surface area contributed by atoms with E-state index >= 15 is 0 Å². The minimum atomic E-state index is -0.117. The minimum Gasteiger partial charge on any atom is -0.346 e. The van der Waals surface area contributed by atoms with E-state index < -0.39 is 0 Å². The van der Waals surface area contributed by atoms with Crippen molar-refractivity contribution >= 4 is 18.3 Å². The van der Waals surface area contributed by atoms with E-state index in [-0.39, 0.29) is 29.8 Å². The van der Waals surface area contributed by atoms with E-state index in [0.717, 1.165) is 38.8 Å². The topological polar surface area (TPSA) is 41.1 Å². The van der Waals surface area contributed by atoms with Crippen LogP contribution < -0.4 is 10.6 Å². The summed E-state index contributed by atoms with van der Waals surface area (Å²) in [5, 5.41) is 6.77. The highest BCUT2D eigenvalue weighted by Gasteiger charge is 2.38. The van der Waals surface area contributed by atoms with Gasteiger partial charge in [-0.3, -0.25) is 4.79 Å². The molecule has 1 saturated heterocycles. The summed E-state index contributed by atoms with van der Waals surface area (Å²) in [5.74, 6) is 0.452. The van der Waals surface area contributed by atoms with Crippen molar-refractivity contribution in [2.24, 2.45) is 5.92 Å². The SMILES string of the molecule is Cc1cccc(C2(NC(=O)C3CCNCC3)CCCC2)c1.Cl. The van der Waals surface area contributed by atoms with Crippen molar-refractivity contribution < 1.29 is 4.79 Å². The highest BCUT2D eigenvalue weighted by molar-refractivity contribution is 5.85. The Bertz CT molecular complexity index is 506. The van der Waals surface area contributed by atoms with Crippen LogP contribution in [0.3, 0.4) is 0 Å². The van der Waals surface area contributed by atoms with E-state index in [0.29, 0.717) is 0 Å². The Morgan fingerprint density at radius 2 is 1.91 bits per heavy atom. The van der Waals surface area contributed by atoms with Crippen LogP contribution >= 0.6 is 12.4 Å². The zero-order chi connectivity index (χ0) is 14.7. The molecule has 2 N–H and O–H groups in total. The monoisotopic (exact) mass is 322 g/mol. The van der Waals surface area contributed by atoms with Crippen LogP contribution in [-0.4, -0.2) is 19.0 Å². The lowest BCUT2D eigenvalue weighted by Crippen LogP contribution is -2.48. The number of hydrogen-bond donors (Lipinski definition) is 2. The third-order valence-electron chi connectivity index (χ3n) is 5.10. The Labute approximate surface area is 139 Å². The van der Waals surface area contributed by atoms with Gasteiger partial charge in [0.2, 0.25) is 5.91 Å². The van der Waals surface area contributed by atoms with Gasteiger partial charge in [0, 0.05) is 5.92 Å². The van der Waals surface area contributed by atoms with Gasteiger partial charge in [-0.25, -0.2) is 0 Å². The Balaban J connectivity index is 0.00000176. The molecule has 1 aliphatic heterocycles. The van der Waals surface area contributed by atoms with Gasteiger partial charge in [-0.15, -0.1) is 12.4 Å². The van der Waals surface area contributed by atoms with Crippen LogP contribution in [0.2, 0.25) is 0 Å². The van der Waals surface area contributed by atoms with E-state index in [9.17, 15) is 4.79 Å². The first-order valence-corrected chi connectivity index (χ1v) is 8.29. The fourth-order valence-corrected chi connectivity index (χ4v) is 3.83. The van der Waals surface area contributed by atoms with E-state index in [1.807, 2.05) is 0 Å². The van der Waals surface area contributed by atoms with Crippen molar-refractivity contribution in [1.82, 2.24) is 10.6 Å². The largest absolute Gasteiger partial charge is 0.346 e. The van der Waals surface area contributed by atoms with Crippen LogP contribution in [0, 0.1) is 12.8 Å². The first-order chi connectivity index (χ1) is 10.2. The van der Waals surface area contributed by atoms with Crippen LogP contribution in [0.5, 0.6) is 0 Å². The van der Waals surface area contributed by atoms with Gasteiger partial charge in [-0.2, -0.15) is 0 Å². The zero-order valence-corrected chi connectivity index (χ0v) is 14.2. The van der Waals surface area contributed by atoms with E-state index in [4.69, 9.17) is 0 Å². The number of hydrogen-bond acceptors (Lipinski definition) is 2. The molecule has 0 atom stereocenters.